The van der Waals surface area contributed by atoms with E-state index in [2.05, 4.69) is 10.4 Å². The van der Waals surface area contributed by atoms with Crippen LogP contribution in [0.25, 0.3) is 0 Å². The summed E-state index contributed by atoms with van der Waals surface area (Å²) >= 11 is 0. The van der Waals surface area contributed by atoms with E-state index >= 15 is 0 Å². The molecule has 0 unspecified atom stereocenters. The smallest absolute Gasteiger partial charge is 0.258 e. The first-order valence-corrected chi connectivity index (χ1v) is 7.35. The number of benzene rings is 1. The number of carbonyl (C=O) groups is 1. The summed E-state index contributed by atoms with van der Waals surface area (Å²) in [6.07, 6.45) is 4.14. The van der Waals surface area contributed by atoms with Gasteiger partial charge < -0.3 is 5.32 Å². The van der Waals surface area contributed by atoms with Gasteiger partial charge in [0.25, 0.3) is 5.91 Å². The molecule has 7 heteroatoms. The van der Waals surface area contributed by atoms with Crippen LogP contribution in [0.3, 0.4) is 0 Å². The predicted octanol–water partition coefficient (Wildman–Crippen LogP) is 1.08. The summed E-state index contributed by atoms with van der Waals surface area (Å²) in [4.78, 5) is 12.0. The van der Waals surface area contributed by atoms with Crippen molar-refractivity contribution in [2.75, 3.05) is 11.6 Å². The largest absolute Gasteiger partial charge is 0.322 e. The fraction of sp³-hybridized carbons (Fsp3) is 0.167. The van der Waals surface area contributed by atoms with E-state index in [1.165, 1.54) is 23.0 Å². The fourth-order valence-electron chi connectivity index (χ4n) is 1.55. The topological polar surface area (TPSA) is 81.1 Å². The molecule has 0 fully saturated rings. The zero-order valence-corrected chi connectivity index (χ0v) is 11.3. The van der Waals surface area contributed by atoms with Gasteiger partial charge in [0.1, 0.15) is 0 Å². The molecule has 1 aromatic heterocycles. The Morgan fingerprint density at radius 3 is 2.68 bits per heavy atom. The van der Waals surface area contributed by atoms with Crippen LogP contribution in [0, 0.1) is 0 Å². The second-order valence-electron chi connectivity index (χ2n) is 4.16. The number of amides is 1. The van der Waals surface area contributed by atoms with Gasteiger partial charge in [0.05, 0.1) is 16.7 Å². The molecule has 1 N–H and O–H groups in total. The number of nitrogens with zero attached hydrogens (tertiary/aromatic N) is 2. The molecular weight excluding hydrogens is 266 g/mol. The summed E-state index contributed by atoms with van der Waals surface area (Å²) in [7, 11) is -1.58. The van der Waals surface area contributed by atoms with Gasteiger partial charge in [-0.3, -0.25) is 9.48 Å². The average Bonchev–Trinajstić information content (AvgIpc) is 2.75. The highest BCUT2D eigenvalue weighted by atomic mass is 32.2. The van der Waals surface area contributed by atoms with Crippen LogP contribution in [0.1, 0.15) is 10.4 Å². The van der Waals surface area contributed by atoms with E-state index in [4.69, 9.17) is 0 Å². The molecule has 0 aliphatic rings. The summed E-state index contributed by atoms with van der Waals surface area (Å²) < 4.78 is 24.4. The minimum atomic E-state index is -3.29. The molecule has 0 spiro atoms. The molecule has 1 amide bonds. The van der Waals surface area contributed by atoms with Gasteiger partial charge in [0.2, 0.25) is 0 Å². The molecular formula is C12H13N3O3S. The van der Waals surface area contributed by atoms with Crippen molar-refractivity contribution in [1.82, 2.24) is 9.78 Å². The first-order chi connectivity index (χ1) is 8.86. The monoisotopic (exact) mass is 279 g/mol. The van der Waals surface area contributed by atoms with E-state index in [1.807, 2.05) is 0 Å². The van der Waals surface area contributed by atoms with Crippen molar-refractivity contribution in [3.8, 4) is 0 Å². The van der Waals surface area contributed by atoms with Crippen molar-refractivity contribution in [2.24, 2.45) is 7.05 Å². The Morgan fingerprint density at radius 2 is 2.11 bits per heavy atom. The van der Waals surface area contributed by atoms with Crippen LogP contribution in [0.15, 0.2) is 41.6 Å². The van der Waals surface area contributed by atoms with E-state index in [-0.39, 0.29) is 10.8 Å². The number of rotatable bonds is 3. The van der Waals surface area contributed by atoms with Crippen LogP contribution in [0.4, 0.5) is 5.69 Å². The van der Waals surface area contributed by atoms with E-state index in [9.17, 15) is 13.2 Å². The summed E-state index contributed by atoms with van der Waals surface area (Å²) in [6.45, 7) is 0. The maximum absolute atomic E-state index is 11.9. The molecule has 6 nitrogen and oxygen atoms in total. The number of hydrogen-bond donors (Lipinski definition) is 1. The quantitative estimate of drug-likeness (QED) is 0.911. The number of anilines is 1. The van der Waals surface area contributed by atoms with Gasteiger partial charge in [-0.05, 0) is 18.2 Å². The Hall–Kier alpha value is -2.15. The van der Waals surface area contributed by atoms with E-state index in [1.54, 1.807) is 25.4 Å². The summed E-state index contributed by atoms with van der Waals surface area (Å²) in [5.41, 5.74) is 0.837. The van der Waals surface area contributed by atoms with Gasteiger partial charge in [-0.2, -0.15) is 5.10 Å². The number of nitrogens with one attached hydrogen (secondary N) is 1. The highest BCUT2D eigenvalue weighted by Crippen LogP contribution is 2.16. The Kier molecular flexibility index (Phi) is 3.39. The molecule has 0 atom stereocenters. The van der Waals surface area contributed by atoms with E-state index < -0.39 is 9.84 Å². The van der Waals surface area contributed by atoms with Gasteiger partial charge in [-0.25, -0.2) is 8.42 Å². The van der Waals surface area contributed by atoms with Gasteiger partial charge in [0, 0.05) is 25.2 Å². The molecule has 2 rings (SSSR count). The third kappa shape index (κ3) is 3.19. The fourth-order valence-corrected chi connectivity index (χ4v) is 2.21. The molecule has 0 saturated carbocycles. The van der Waals surface area contributed by atoms with Gasteiger partial charge in [-0.15, -0.1) is 0 Å². The van der Waals surface area contributed by atoms with Crippen LogP contribution in [-0.4, -0.2) is 30.4 Å². The molecule has 1 heterocycles. The zero-order valence-electron chi connectivity index (χ0n) is 10.5. The minimum absolute atomic E-state index is 0.163. The molecule has 0 aliphatic heterocycles. The number of aromatic nitrogens is 2. The summed E-state index contributed by atoms with van der Waals surface area (Å²) in [5, 5.41) is 6.52. The Labute approximate surface area is 111 Å². The Morgan fingerprint density at radius 1 is 1.37 bits per heavy atom. The maximum Gasteiger partial charge on any atom is 0.258 e. The molecule has 2 aromatic rings. The number of sulfone groups is 1. The van der Waals surface area contributed by atoms with E-state index in [0.29, 0.717) is 11.3 Å². The first kappa shape index (κ1) is 13.3. The van der Waals surface area contributed by atoms with Crippen molar-refractivity contribution >= 4 is 21.4 Å². The molecule has 0 bridgehead atoms. The lowest BCUT2D eigenvalue weighted by Crippen LogP contribution is -2.11. The van der Waals surface area contributed by atoms with Crippen LogP contribution in [0.2, 0.25) is 0 Å². The maximum atomic E-state index is 11.9. The molecule has 19 heavy (non-hydrogen) atoms. The highest BCUT2D eigenvalue weighted by Gasteiger charge is 2.11. The summed E-state index contributed by atoms with van der Waals surface area (Å²) in [5.74, 6) is -0.334. The SMILES string of the molecule is Cn1cc(C(=O)Nc2cccc(S(C)(=O)=O)c2)cn1. The first-order valence-electron chi connectivity index (χ1n) is 5.46. The van der Waals surface area contributed by atoms with Gasteiger partial charge >= 0.3 is 0 Å². The highest BCUT2D eigenvalue weighted by molar-refractivity contribution is 7.90. The lowest BCUT2D eigenvalue weighted by atomic mass is 10.3. The van der Waals surface area contributed by atoms with Crippen LogP contribution in [-0.2, 0) is 16.9 Å². The predicted molar refractivity (Wildman–Crippen MR) is 70.7 cm³/mol. The zero-order chi connectivity index (χ0) is 14.0. The van der Waals surface area contributed by atoms with Gasteiger partial charge in [0.15, 0.2) is 9.84 Å². The normalized spacial score (nSPS) is 11.3. The average molecular weight is 279 g/mol. The van der Waals surface area contributed by atoms with Crippen molar-refractivity contribution < 1.29 is 13.2 Å². The number of hydrogen-bond acceptors (Lipinski definition) is 4. The molecule has 1 aromatic carbocycles. The minimum Gasteiger partial charge on any atom is -0.322 e. The number of aryl methyl sites for hydroxylation is 1. The van der Waals surface area contributed by atoms with E-state index in [0.717, 1.165) is 6.26 Å². The molecule has 0 aliphatic carbocycles. The molecule has 0 radical (unpaired) electrons. The standard InChI is InChI=1S/C12H13N3O3S/c1-15-8-9(7-13-15)12(16)14-10-4-3-5-11(6-10)19(2,17)18/h3-8H,1-2H3,(H,14,16). The van der Waals surface area contributed by atoms with Crippen LogP contribution >= 0.6 is 0 Å². The lowest BCUT2D eigenvalue weighted by molar-refractivity contribution is 0.102. The Bertz CT molecular complexity index is 719. The Balaban J connectivity index is 2.22. The van der Waals surface area contributed by atoms with Crippen molar-refractivity contribution in [3.63, 3.8) is 0 Å². The third-order valence-electron chi connectivity index (χ3n) is 2.49. The molecule has 100 valence electrons. The second-order valence-corrected chi connectivity index (χ2v) is 6.17. The van der Waals surface area contributed by atoms with Crippen molar-refractivity contribution in [2.45, 2.75) is 4.90 Å². The van der Waals surface area contributed by atoms with Crippen LogP contribution < -0.4 is 5.32 Å². The van der Waals surface area contributed by atoms with Crippen molar-refractivity contribution in [3.05, 3.63) is 42.2 Å². The van der Waals surface area contributed by atoms with Gasteiger partial charge in [-0.1, -0.05) is 6.07 Å². The lowest BCUT2D eigenvalue weighted by Gasteiger charge is -2.05. The second kappa shape index (κ2) is 4.85. The summed E-state index contributed by atoms with van der Waals surface area (Å²) in [6, 6.07) is 6.11. The third-order valence-corrected chi connectivity index (χ3v) is 3.60. The van der Waals surface area contributed by atoms with Crippen LogP contribution in [0.5, 0.6) is 0 Å². The molecule has 0 saturated heterocycles. The van der Waals surface area contributed by atoms with Crippen molar-refractivity contribution in [1.29, 1.82) is 0 Å². The number of carbonyl (C=O) groups excluding carboxylic acids is 1.